The summed E-state index contributed by atoms with van der Waals surface area (Å²) >= 11 is 0. The van der Waals surface area contributed by atoms with E-state index in [1.807, 2.05) is 68.4 Å². The number of rotatable bonds is 6. The summed E-state index contributed by atoms with van der Waals surface area (Å²) in [6, 6.07) is 30.9. The first-order chi connectivity index (χ1) is 13.1. The van der Waals surface area contributed by atoms with E-state index in [-0.39, 0.29) is 11.7 Å². The largest absolute Gasteiger partial charge is 0.345 e. The zero-order valence-corrected chi connectivity index (χ0v) is 16.9. The normalized spacial score (nSPS) is 11.4. The minimum Gasteiger partial charge on any atom is -0.345 e. The van der Waals surface area contributed by atoms with Crippen LogP contribution in [-0.2, 0) is 9.53 Å². The second kappa shape index (κ2) is 8.52. The number of methoxy groups -OCH3 is 1. The van der Waals surface area contributed by atoms with Crippen molar-refractivity contribution in [2.24, 2.45) is 5.92 Å². The van der Waals surface area contributed by atoms with E-state index in [0.717, 1.165) is 15.9 Å². The average Bonchev–Trinajstić information content (AvgIpc) is 2.73. The summed E-state index contributed by atoms with van der Waals surface area (Å²) in [5.41, 5.74) is 0.557. The summed E-state index contributed by atoms with van der Waals surface area (Å²) in [7, 11) is 1.62. The lowest BCUT2D eigenvalue weighted by Gasteiger charge is -2.31. The van der Waals surface area contributed by atoms with Crippen molar-refractivity contribution in [1.29, 1.82) is 0 Å². The van der Waals surface area contributed by atoms with Crippen LogP contribution < -0.4 is 15.9 Å². The molecule has 0 aliphatic rings. The molecule has 3 heteroatoms. The van der Waals surface area contributed by atoms with Crippen molar-refractivity contribution in [3.05, 3.63) is 91.0 Å². The molecule has 0 heterocycles. The van der Waals surface area contributed by atoms with Gasteiger partial charge in [0, 0.05) is 19.9 Å². The van der Waals surface area contributed by atoms with Crippen molar-refractivity contribution in [2.75, 3.05) is 7.11 Å². The van der Waals surface area contributed by atoms with Gasteiger partial charge in [-0.15, -0.1) is 0 Å². The number of carbonyl (C=O) groups excluding carboxylic acids is 1. The predicted octanol–water partition coefficient (Wildman–Crippen LogP) is 3.98. The lowest BCUT2D eigenvalue weighted by Crippen LogP contribution is -2.35. The molecule has 0 N–H and O–H groups in total. The van der Waals surface area contributed by atoms with Crippen LogP contribution in [0.15, 0.2) is 91.0 Å². The first kappa shape index (κ1) is 19.4. The summed E-state index contributed by atoms with van der Waals surface area (Å²) < 4.78 is 5.92. The highest BCUT2D eigenvalue weighted by molar-refractivity contribution is 7.96. The molecule has 0 atom stereocenters. The van der Waals surface area contributed by atoms with Crippen molar-refractivity contribution in [3.8, 4) is 0 Å². The van der Waals surface area contributed by atoms with E-state index < -0.39 is 6.89 Å². The van der Waals surface area contributed by atoms with Crippen molar-refractivity contribution < 1.29 is 9.53 Å². The maximum absolute atomic E-state index is 13.3. The molecule has 0 saturated carbocycles. The maximum atomic E-state index is 13.3. The van der Waals surface area contributed by atoms with Gasteiger partial charge < -0.3 is 4.74 Å². The Balaban J connectivity index is 2.57. The van der Waals surface area contributed by atoms with Crippen LogP contribution >= 0.6 is 6.89 Å². The van der Waals surface area contributed by atoms with E-state index in [4.69, 9.17) is 4.74 Å². The van der Waals surface area contributed by atoms with Gasteiger partial charge in [0.1, 0.15) is 5.48 Å². The highest BCUT2D eigenvalue weighted by Gasteiger charge is 2.34. The molecule has 0 saturated heterocycles. The van der Waals surface area contributed by atoms with Gasteiger partial charge in [0.25, 0.3) is 0 Å². The van der Waals surface area contributed by atoms with Gasteiger partial charge in [-0.25, -0.2) is 0 Å². The average molecular weight is 376 g/mol. The Morgan fingerprint density at radius 2 is 1.04 bits per heavy atom. The van der Waals surface area contributed by atoms with Crippen molar-refractivity contribution in [2.45, 2.75) is 13.8 Å². The van der Waals surface area contributed by atoms with Crippen LogP contribution in [0.2, 0.25) is 0 Å². The molecule has 3 rings (SSSR count). The molecule has 0 aliphatic heterocycles. The van der Waals surface area contributed by atoms with E-state index in [2.05, 4.69) is 36.4 Å². The minimum atomic E-state index is -2.43. The van der Waals surface area contributed by atoms with Crippen LogP contribution in [0, 0.1) is 5.92 Å². The van der Waals surface area contributed by atoms with E-state index in [0.29, 0.717) is 5.48 Å². The molecule has 0 unspecified atom stereocenters. The number of carbonyl (C=O) groups is 1. The molecule has 0 amide bonds. The second-order valence-electron chi connectivity index (χ2n) is 6.71. The zero-order valence-electron chi connectivity index (χ0n) is 16.0. The molecule has 3 aromatic rings. The minimum absolute atomic E-state index is 0.0578. The van der Waals surface area contributed by atoms with E-state index in [1.165, 1.54) is 0 Å². The van der Waals surface area contributed by atoms with Gasteiger partial charge in [-0.1, -0.05) is 105 Å². The van der Waals surface area contributed by atoms with Crippen LogP contribution in [0.1, 0.15) is 13.8 Å². The summed E-state index contributed by atoms with van der Waals surface area (Å²) in [6.07, 6.45) is 0. The van der Waals surface area contributed by atoms with E-state index >= 15 is 0 Å². The molecule has 0 radical (unpaired) electrons. The number of hydrogen-bond acceptors (Lipinski definition) is 2. The second-order valence-corrected chi connectivity index (χ2v) is 10.0. The van der Waals surface area contributed by atoms with Crippen molar-refractivity contribution in [1.82, 2.24) is 0 Å². The van der Waals surface area contributed by atoms with Gasteiger partial charge >= 0.3 is 0 Å². The van der Waals surface area contributed by atoms with Crippen LogP contribution in [-0.4, -0.2) is 18.4 Å². The topological polar surface area (TPSA) is 26.3 Å². The Morgan fingerprint density at radius 3 is 1.30 bits per heavy atom. The summed E-state index contributed by atoms with van der Waals surface area (Å²) in [6.45, 7) is 1.43. The lowest BCUT2D eigenvalue weighted by atomic mass is 10.1. The van der Waals surface area contributed by atoms with Crippen LogP contribution in [0.3, 0.4) is 0 Å². The fraction of sp³-hybridized carbons (Fsp3) is 0.167. The standard InChI is InChI=1S/C24H25O2P/c1-19(2)23(25)24(26-3)27(20-13-7-4-8-14-20,21-15-9-5-10-16-21)22-17-11-6-12-18-22/h4-19H,1-3H3. The number of Topliss-reactive ketones (excluding diaryl/α,β-unsaturated/α-hetero) is 1. The lowest BCUT2D eigenvalue weighted by molar-refractivity contribution is -0.116. The summed E-state index contributed by atoms with van der Waals surface area (Å²) in [4.78, 5) is 13.3. The Labute approximate surface area is 161 Å². The number of hydrogen-bond donors (Lipinski definition) is 0. The first-order valence-corrected chi connectivity index (χ1v) is 10.9. The van der Waals surface area contributed by atoms with Gasteiger partial charge in [-0.3, -0.25) is 4.79 Å². The SMILES string of the molecule is COC(C(=O)C(C)C)=P(c1ccccc1)(c1ccccc1)c1ccccc1. The monoisotopic (exact) mass is 376 g/mol. The third-order valence-corrected chi connectivity index (χ3v) is 8.89. The smallest absolute Gasteiger partial charge is 0.189 e. The number of benzene rings is 3. The molecule has 0 spiro atoms. The Morgan fingerprint density at radius 1 is 0.704 bits per heavy atom. The Bertz CT molecular complexity index is 842. The first-order valence-electron chi connectivity index (χ1n) is 9.14. The van der Waals surface area contributed by atoms with Gasteiger partial charge in [-0.2, -0.15) is 0 Å². The predicted molar refractivity (Wildman–Crippen MR) is 117 cm³/mol. The molecule has 0 fully saturated rings. The number of ether oxygens (including phenoxy) is 1. The summed E-state index contributed by atoms with van der Waals surface area (Å²) in [5, 5.41) is 3.36. The highest BCUT2D eigenvalue weighted by Crippen LogP contribution is 2.46. The number of ketones is 1. The Kier molecular flexibility index (Phi) is 6.11. The fourth-order valence-electron chi connectivity index (χ4n) is 3.40. The third-order valence-electron chi connectivity index (χ3n) is 4.66. The van der Waals surface area contributed by atoms with E-state index in [1.54, 1.807) is 7.11 Å². The van der Waals surface area contributed by atoms with Crippen LogP contribution in [0.4, 0.5) is 0 Å². The molecule has 2 nitrogen and oxygen atoms in total. The van der Waals surface area contributed by atoms with Crippen molar-refractivity contribution >= 4 is 34.1 Å². The Hall–Kier alpha value is -2.41. The third kappa shape index (κ3) is 3.56. The molecule has 0 bridgehead atoms. The van der Waals surface area contributed by atoms with Gasteiger partial charge in [0.05, 0.1) is 0 Å². The van der Waals surface area contributed by atoms with Gasteiger partial charge in [-0.05, 0) is 15.9 Å². The molecule has 0 aromatic heterocycles. The van der Waals surface area contributed by atoms with Crippen LogP contribution in [0.5, 0.6) is 0 Å². The van der Waals surface area contributed by atoms with Gasteiger partial charge in [0.2, 0.25) is 0 Å². The van der Waals surface area contributed by atoms with Gasteiger partial charge in [0.15, 0.2) is 5.78 Å². The highest BCUT2D eigenvalue weighted by atomic mass is 31.2. The van der Waals surface area contributed by atoms with E-state index in [9.17, 15) is 4.79 Å². The molecule has 0 aliphatic carbocycles. The molecular formula is C24H25O2P. The quantitative estimate of drug-likeness (QED) is 0.608. The molecule has 27 heavy (non-hydrogen) atoms. The summed E-state index contributed by atoms with van der Waals surface area (Å²) in [5.74, 6) is -0.0853. The zero-order chi connectivity index (χ0) is 19.3. The van der Waals surface area contributed by atoms with Crippen molar-refractivity contribution in [3.63, 3.8) is 0 Å². The fourth-order valence-corrected chi connectivity index (χ4v) is 7.72. The van der Waals surface area contributed by atoms with Crippen LogP contribution in [0.25, 0.3) is 0 Å². The maximum Gasteiger partial charge on any atom is 0.189 e. The molecule has 138 valence electrons. The molecular weight excluding hydrogens is 351 g/mol. The molecule has 3 aromatic carbocycles.